The Hall–Kier alpha value is -1.05. The first-order chi connectivity index (χ1) is 5.57. The highest BCUT2D eigenvalue weighted by Gasteiger charge is 2.03. The van der Waals surface area contributed by atoms with Gasteiger partial charge in [0.1, 0.15) is 0 Å². The van der Waals surface area contributed by atoms with Crippen molar-refractivity contribution >= 4 is 5.97 Å². The Bertz CT molecular complexity index is 208. The number of rotatable bonds is 4. The third-order valence-corrected chi connectivity index (χ3v) is 1.41. The van der Waals surface area contributed by atoms with Crippen molar-refractivity contribution in [2.24, 2.45) is 0 Å². The summed E-state index contributed by atoms with van der Waals surface area (Å²) < 4.78 is 0. The van der Waals surface area contributed by atoms with Crippen LogP contribution in [0.4, 0.5) is 0 Å². The smallest absolute Gasteiger partial charge is 0.331 e. The molecule has 12 heavy (non-hydrogen) atoms. The molecule has 2 nitrogen and oxygen atoms in total. The number of carboxylic acids is 1. The summed E-state index contributed by atoms with van der Waals surface area (Å²) in [5.74, 6) is -0.811. The van der Waals surface area contributed by atoms with Crippen LogP contribution in [0.5, 0.6) is 0 Å². The van der Waals surface area contributed by atoms with Crippen molar-refractivity contribution in [3.05, 3.63) is 23.3 Å². The van der Waals surface area contributed by atoms with Crippen LogP contribution < -0.4 is 0 Å². The highest BCUT2D eigenvalue weighted by molar-refractivity contribution is 5.86. The maximum absolute atomic E-state index is 10.6. The Kier molecular flexibility index (Phi) is 5.09. The summed E-state index contributed by atoms with van der Waals surface area (Å²) >= 11 is 0. The molecule has 0 saturated heterocycles. The summed E-state index contributed by atoms with van der Waals surface area (Å²) in [6.45, 7) is 5.86. The van der Waals surface area contributed by atoms with Gasteiger partial charge in [-0.2, -0.15) is 0 Å². The lowest BCUT2D eigenvalue weighted by molar-refractivity contribution is -0.132. The van der Waals surface area contributed by atoms with E-state index in [0.29, 0.717) is 12.0 Å². The van der Waals surface area contributed by atoms with E-state index in [0.717, 1.165) is 12.0 Å². The first-order valence-electron chi connectivity index (χ1n) is 4.15. The molecule has 0 rings (SSSR count). The lowest BCUT2D eigenvalue weighted by Crippen LogP contribution is -1.99. The third-order valence-electron chi connectivity index (χ3n) is 1.41. The molecule has 0 aliphatic rings. The number of carbonyl (C=O) groups is 1. The second-order valence-corrected chi connectivity index (χ2v) is 2.99. The van der Waals surface area contributed by atoms with Crippen molar-refractivity contribution in [2.75, 3.05) is 0 Å². The van der Waals surface area contributed by atoms with Gasteiger partial charge in [-0.25, -0.2) is 4.79 Å². The molecule has 0 aromatic carbocycles. The SMILES string of the molecule is CCCC(=CC=C(C)C)C(=O)O. The van der Waals surface area contributed by atoms with Gasteiger partial charge in [0.15, 0.2) is 0 Å². The number of hydrogen-bond acceptors (Lipinski definition) is 1. The van der Waals surface area contributed by atoms with Crippen molar-refractivity contribution in [1.29, 1.82) is 0 Å². The molecule has 0 fully saturated rings. The Balaban J connectivity index is 4.39. The topological polar surface area (TPSA) is 37.3 Å². The van der Waals surface area contributed by atoms with Crippen LogP contribution in [0.3, 0.4) is 0 Å². The highest BCUT2D eigenvalue weighted by atomic mass is 16.4. The number of allylic oxidation sites excluding steroid dienone is 3. The van der Waals surface area contributed by atoms with E-state index < -0.39 is 5.97 Å². The molecule has 0 radical (unpaired) electrons. The summed E-state index contributed by atoms with van der Waals surface area (Å²) in [5.41, 5.74) is 1.60. The maximum atomic E-state index is 10.6. The molecular weight excluding hydrogens is 152 g/mol. The van der Waals surface area contributed by atoms with E-state index in [1.165, 1.54) is 0 Å². The largest absolute Gasteiger partial charge is 0.478 e. The Morgan fingerprint density at radius 2 is 1.92 bits per heavy atom. The monoisotopic (exact) mass is 168 g/mol. The average molecular weight is 168 g/mol. The minimum atomic E-state index is -0.811. The van der Waals surface area contributed by atoms with Gasteiger partial charge in [-0.1, -0.05) is 31.1 Å². The molecule has 1 N–H and O–H groups in total. The van der Waals surface area contributed by atoms with Crippen LogP contribution in [0.2, 0.25) is 0 Å². The molecule has 68 valence electrons. The van der Waals surface area contributed by atoms with Crippen LogP contribution in [0.1, 0.15) is 33.6 Å². The quantitative estimate of drug-likeness (QED) is 0.517. The summed E-state index contributed by atoms with van der Waals surface area (Å²) in [5, 5.41) is 8.72. The molecule has 0 aliphatic heterocycles. The molecule has 0 amide bonds. The van der Waals surface area contributed by atoms with E-state index in [-0.39, 0.29) is 0 Å². The van der Waals surface area contributed by atoms with Crippen molar-refractivity contribution in [3.63, 3.8) is 0 Å². The van der Waals surface area contributed by atoms with Crippen LogP contribution in [-0.2, 0) is 4.79 Å². The van der Waals surface area contributed by atoms with E-state index in [4.69, 9.17) is 5.11 Å². The zero-order valence-corrected chi connectivity index (χ0v) is 7.92. The van der Waals surface area contributed by atoms with Gasteiger partial charge in [-0.15, -0.1) is 0 Å². The van der Waals surface area contributed by atoms with Gasteiger partial charge < -0.3 is 5.11 Å². The van der Waals surface area contributed by atoms with Crippen molar-refractivity contribution < 1.29 is 9.90 Å². The van der Waals surface area contributed by atoms with E-state index in [2.05, 4.69) is 0 Å². The van der Waals surface area contributed by atoms with Crippen molar-refractivity contribution in [1.82, 2.24) is 0 Å². The molecule has 0 bridgehead atoms. The molecule has 0 heterocycles. The molecule has 0 unspecified atom stereocenters. The molecule has 0 spiro atoms. The Morgan fingerprint density at radius 1 is 1.33 bits per heavy atom. The van der Waals surface area contributed by atoms with Gasteiger partial charge in [0.25, 0.3) is 0 Å². The highest BCUT2D eigenvalue weighted by Crippen LogP contribution is 2.05. The van der Waals surface area contributed by atoms with Gasteiger partial charge in [0.05, 0.1) is 0 Å². The molecule has 0 saturated carbocycles. The zero-order valence-electron chi connectivity index (χ0n) is 7.92. The lowest BCUT2D eigenvalue weighted by atomic mass is 10.1. The van der Waals surface area contributed by atoms with Gasteiger partial charge in [-0.3, -0.25) is 0 Å². The number of aliphatic carboxylic acids is 1. The molecule has 0 aliphatic carbocycles. The normalized spacial score (nSPS) is 11.1. The fraction of sp³-hybridized carbons (Fsp3) is 0.500. The molecule has 0 atom stereocenters. The minimum absolute atomic E-state index is 0.485. The Morgan fingerprint density at radius 3 is 2.25 bits per heavy atom. The predicted molar refractivity (Wildman–Crippen MR) is 50.1 cm³/mol. The van der Waals surface area contributed by atoms with Crippen LogP contribution in [0.25, 0.3) is 0 Å². The predicted octanol–water partition coefficient (Wildman–Crippen LogP) is 2.76. The van der Waals surface area contributed by atoms with Gasteiger partial charge >= 0.3 is 5.97 Å². The Labute approximate surface area is 73.6 Å². The van der Waals surface area contributed by atoms with Crippen LogP contribution in [0, 0.1) is 0 Å². The molecule has 0 aromatic heterocycles. The van der Waals surface area contributed by atoms with Crippen molar-refractivity contribution in [3.8, 4) is 0 Å². The lowest BCUT2D eigenvalue weighted by Gasteiger charge is -1.96. The minimum Gasteiger partial charge on any atom is -0.478 e. The summed E-state index contributed by atoms with van der Waals surface area (Å²) in [6.07, 6.45) is 5.02. The zero-order chi connectivity index (χ0) is 9.56. The van der Waals surface area contributed by atoms with Crippen LogP contribution in [-0.4, -0.2) is 11.1 Å². The maximum Gasteiger partial charge on any atom is 0.331 e. The van der Waals surface area contributed by atoms with E-state index in [1.807, 2.05) is 26.8 Å². The van der Waals surface area contributed by atoms with Crippen LogP contribution >= 0.6 is 0 Å². The first kappa shape index (κ1) is 11.0. The summed E-state index contributed by atoms with van der Waals surface area (Å²) in [7, 11) is 0. The third kappa shape index (κ3) is 4.72. The second kappa shape index (κ2) is 5.58. The molecular formula is C10H16O2. The van der Waals surface area contributed by atoms with Gasteiger partial charge in [0.2, 0.25) is 0 Å². The summed E-state index contributed by atoms with van der Waals surface area (Å²) in [6, 6.07) is 0. The molecule has 2 heteroatoms. The first-order valence-corrected chi connectivity index (χ1v) is 4.15. The second-order valence-electron chi connectivity index (χ2n) is 2.99. The summed E-state index contributed by atoms with van der Waals surface area (Å²) in [4.78, 5) is 10.6. The van der Waals surface area contributed by atoms with Gasteiger partial charge in [-0.05, 0) is 20.3 Å². The van der Waals surface area contributed by atoms with Crippen LogP contribution in [0.15, 0.2) is 23.3 Å². The van der Waals surface area contributed by atoms with E-state index >= 15 is 0 Å². The van der Waals surface area contributed by atoms with E-state index in [1.54, 1.807) is 6.08 Å². The number of carboxylic acid groups (broad SMARTS) is 1. The fourth-order valence-electron chi connectivity index (χ4n) is 0.798. The standard InChI is InChI=1S/C10H16O2/c1-4-5-9(10(11)12)7-6-8(2)3/h6-7H,4-5H2,1-3H3,(H,11,12). The fourth-order valence-corrected chi connectivity index (χ4v) is 0.798. The molecule has 0 aromatic rings. The number of hydrogen-bond donors (Lipinski definition) is 1. The van der Waals surface area contributed by atoms with Gasteiger partial charge in [0, 0.05) is 5.57 Å². The van der Waals surface area contributed by atoms with Crippen molar-refractivity contribution in [2.45, 2.75) is 33.6 Å². The average Bonchev–Trinajstić information content (AvgIpc) is 1.96. The van der Waals surface area contributed by atoms with E-state index in [9.17, 15) is 4.79 Å².